The fraction of sp³-hybridized carbons (Fsp3) is 0.538. The van der Waals surface area contributed by atoms with Crippen LogP contribution in [-0.4, -0.2) is 6.04 Å². The van der Waals surface area contributed by atoms with Crippen molar-refractivity contribution >= 4 is 28.3 Å². The second kappa shape index (κ2) is 5.19. The molecular formula is C13H18IN. The van der Waals surface area contributed by atoms with Gasteiger partial charge in [-0.25, -0.2) is 0 Å². The largest absolute Gasteiger partial charge is 0.382 e. The van der Waals surface area contributed by atoms with Gasteiger partial charge >= 0.3 is 0 Å². The molecule has 0 aliphatic heterocycles. The molecule has 1 aromatic carbocycles. The van der Waals surface area contributed by atoms with Crippen molar-refractivity contribution in [2.24, 2.45) is 5.92 Å². The van der Waals surface area contributed by atoms with Gasteiger partial charge in [-0.15, -0.1) is 0 Å². The van der Waals surface area contributed by atoms with Crippen LogP contribution in [0.4, 0.5) is 5.69 Å². The minimum absolute atomic E-state index is 0.687. The van der Waals surface area contributed by atoms with E-state index in [9.17, 15) is 0 Å². The van der Waals surface area contributed by atoms with Crippen LogP contribution < -0.4 is 5.32 Å². The first-order valence-electron chi connectivity index (χ1n) is 5.76. The van der Waals surface area contributed by atoms with E-state index >= 15 is 0 Å². The van der Waals surface area contributed by atoms with E-state index in [0.29, 0.717) is 6.04 Å². The summed E-state index contributed by atoms with van der Waals surface area (Å²) in [7, 11) is 0. The van der Waals surface area contributed by atoms with Gasteiger partial charge in [-0.05, 0) is 59.5 Å². The second-order valence-electron chi connectivity index (χ2n) is 4.62. The number of benzene rings is 1. The highest BCUT2D eigenvalue weighted by Gasteiger charge is 2.18. The van der Waals surface area contributed by atoms with E-state index in [-0.39, 0.29) is 0 Å². The summed E-state index contributed by atoms with van der Waals surface area (Å²) in [6, 6.07) is 9.33. The lowest BCUT2D eigenvalue weighted by Gasteiger charge is -2.28. The predicted molar refractivity (Wildman–Crippen MR) is 74.2 cm³/mol. The molecule has 0 aromatic heterocycles. The quantitative estimate of drug-likeness (QED) is 0.803. The first-order valence-corrected chi connectivity index (χ1v) is 6.84. The summed E-state index contributed by atoms with van der Waals surface area (Å²) >= 11 is 2.36. The smallest absolute Gasteiger partial charge is 0.0352 e. The van der Waals surface area contributed by atoms with Crippen LogP contribution in [-0.2, 0) is 0 Å². The van der Waals surface area contributed by atoms with E-state index in [4.69, 9.17) is 0 Å². The van der Waals surface area contributed by atoms with Gasteiger partial charge < -0.3 is 5.32 Å². The molecule has 0 radical (unpaired) electrons. The Kier molecular flexibility index (Phi) is 3.89. The lowest BCUT2D eigenvalue weighted by atomic mass is 9.87. The maximum absolute atomic E-state index is 3.65. The van der Waals surface area contributed by atoms with Crippen LogP contribution in [0.25, 0.3) is 0 Å². The molecule has 1 aliphatic rings. The standard InChI is InChI=1S/C13H18IN/c1-10-4-2-6-12(8-10)15-13-7-3-5-11(14)9-13/h3,5,7,9-10,12,15H,2,4,6,8H2,1H3. The zero-order valence-electron chi connectivity index (χ0n) is 9.17. The van der Waals surface area contributed by atoms with Crippen LogP contribution in [0.5, 0.6) is 0 Å². The number of nitrogens with one attached hydrogen (secondary N) is 1. The van der Waals surface area contributed by atoms with Gasteiger partial charge in [-0.2, -0.15) is 0 Å². The highest BCUT2D eigenvalue weighted by Crippen LogP contribution is 2.26. The van der Waals surface area contributed by atoms with Gasteiger partial charge in [0.05, 0.1) is 0 Å². The van der Waals surface area contributed by atoms with E-state index in [1.165, 1.54) is 34.9 Å². The van der Waals surface area contributed by atoms with Gasteiger partial charge in [-0.1, -0.05) is 25.8 Å². The Bertz CT molecular complexity index is 324. The highest BCUT2D eigenvalue weighted by atomic mass is 127. The van der Waals surface area contributed by atoms with Crippen LogP contribution in [0.15, 0.2) is 24.3 Å². The summed E-state index contributed by atoms with van der Waals surface area (Å²) in [6.45, 7) is 2.36. The third-order valence-electron chi connectivity index (χ3n) is 3.13. The van der Waals surface area contributed by atoms with E-state index in [2.05, 4.69) is 59.1 Å². The fourth-order valence-electron chi connectivity index (χ4n) is 2.38. The number of halogens is 1. The van der Waals surface area contributed by atoms with Gasteiger partial charge in [0.1, 0.15) is 0 Å². The lowest BCUT2D eigenvalue weighted by molar-refractivity contribution is 0.358. The fourth-order valence-corrected chi connectivity index (χ4v) is 2.92. The summed E-state index contributed by atoms with van der Waals surface area (Å²) in [4.78, 5) is 0. The van der Waals surface area contributed by atoms with Gasteiger partial charge in [0.25, 0.3) is 0 Å². The Morgan fingerprint density at radius 2 is 2.20 bits per heavy atom. The molecule has 1 fully saturated rings. The maximum Gasteiger partial charge on any atom is 0.0352 e. The molecule has 1 N–H and O–H groups in total. The topological polar surface area (TPSA) is 12.0 Å². The molecule has 2 heteroatoms. The van der Waals surface area contributed by atoms with Crippen molar-refractivity contribution < 1.29 is 0 Å². The zero-order chi connectivity index (χ0) is 10.7. The molecule has 0 heterocycles. The molecule has 2 unspecified atom stereocenters. The Labute approximate surface area is 106 Å². The number of anilines is 1. The van der Waals surface area contributed by atoms with Crippen LogP contribution in [0.2, 0.25) is 0 Å². The summed E-state index contributed by atoms with van der Waals surface area (Å²) in [5.41, 5.74) is 1.28. The zero-order valence-corrected chi connectivity index (χ0v) is 11.3. The summed E-state index contributed by atoms with van der Waals surface area (Å²) < 4.78 is 1.31. The van der Waals surface area contributed by atoms with Crippen molar-refractivity contribution in [2.45, 2.75) is 38.6 Å². The molecule has 82 valence electrons. The van der Waals surface area contributed by atoms with E-state index in [1.54, 1.807) is 0 Å². The molecule has 0 saturated heterocycles. The van der Waals surface area contributed by atoms with Crippen LogP contribution in [0.1, 0.15) is 32.6 Å². The third-order valence-corrected chi connectivity index (χ3v) is 3.80. The molecule has 2 rings (SSSR count). The molecule has 0 bridgehead atoms. The summed E-state index contributed by atoms with van der Waals surface area (Å²) in [6.07, 6.45) is 5.44. The SMILES string of the molecule is CC1CCCC(Nc2cccc(I)c2)C1. The minimum Gasteiger partial charge on any atom is -0.382 e. The van der Waals surface area contributed by atoms with E-state index < -0.39 is 0 Å². The van der Waals surface area contributed by atoms with Crippen LogP contribution in [0.3, 0.4) is 0 Å². The Morgan fingerprint density at radius 1 is 1.33 bits per heavy atom. The van der Waals surface area contributed by atoms with E-state index in [0.717, 1.165) is 5.92 Å². The highest BCUT2D eigenvalue weighted by molar-refractivity contribution is 14.1. The Morgan fingerprint density at radius 3 is 2.93 bits per heavy atom. The van der Waals surface area contributed by atoms with Crippen molar-refractivity contribution in [2.75, 3.05) is 5.32 Å². The number of hydrogen-bond donors (Lipinski definition) is 1. The van der Waals surface area contributed by atoms with Gasteiger partial charge in [0.2, 0.25) is 0 Å². The van der Waals surface area contributed by atoms with Crippen LogP contribution >= 0.6 is 22.6 Å². The number of rotatable bonds is 2. The monoisotopic (exact) mass is 315 g/mol. The average Bonchev–Trinajstić information content (AvgIpc) is 2.17. The first kappa shape index (κ1) is 11.2. The molecule has 0 amide bonds. The summed E-state index contributed by atoms with van der Waals surface area (Å²) in [5.74, 6) is 0.888. The molecule has 1 saturated carbocycles. The Balaban J connectivity index is 1.96. The number of hydrogen-bond acceptors (Lipinski definition) is 1. The average molecular weight is 315 g/mol. The van der Waals surface area contributed by atoms with Crippen molar-refractivity contribution in [1.29, 1.82) is 0 Å². The Hall–Kier alpha value is -0.250. The molecule has 15 heavy (non-hydrogen) atoms. The van der Waals surface area contributed by atoms with Gasteiger partial charge in [-0.3, -0.25) is 0 Å². The normalized spacial score (nSPS) is 26.3. The van der Waals surface area contributed by atoms with Crippen molar-refractivity contribution in [3.8, 4) is 0 Å². The molecule has 0 spiro atoms. The van der Waals surface area contributed by atoms with Gasteiger partial charge in [0, 0.05) is 15.3 Å². The predicted octanol–water partition coefficient (Wildman–Crippen LogP) is 4.28. The van der Waals surface area contributed by atoms with Crippen molar-refractivity contribution in [3.05, 3.63) is 27.8 Å². The van der Waals surface area contributed by atoms with Gasteiger partial charge in [0.15, 0.2) is 0 Å². The van der Waals surface area contributed by atoms with Crippen molar-refractivity contribution in [1.82, 2.24) is 0 Å². The minimum atomic E-state index is 0.687. The molecule has 1 aliphatic carbocycles. The molecule has 1 aromatic rings. The third kappa shape index (κ3) is 3.37. The summed E-state index contributed by atoms with van der Waals surface area (Å²) in [5, 5.41) is 3.65. The van der Waals surface area contributed by atoms with E-state index in [1.807, 2.05) is 0 Å². The van der Waals surface area contributed by atoms with Crippen molar-refractivity contribution in [3.63, 3.8) is 0 Å². The first-order chi connectivity index (χ1) is 7.24. The van der Waals surface area contributed by atoms with Crippen LogP contribution in [0, 0.1) is 9.49 Å². The lowest BCUT2D eigenvalue weighted by Crippen LogP contribution is -2.26. The molecular weight excluding hydrogens is 297 g/mol. The molecule has 1 nitrogen and oxygen atoms in total. The second-order valence-corrected chi connectivity index (χ2v) is 5.87. The maximum atomic E-state index is 3.65. The molecule has 2 atom stereocenters.